The fourth-order valence-electron chi connectivity index (χ4n) is 3.04. The van der Waals surface area contributed by atoms with Gasteiger partial charge in [0, 0.05) is 29.4 Å². The summed E-state index contributed by atoms with van der Waals surface area (Å²) in [4.78, 5) is 26.7. The minimum absolute atomic E-state index is 0.0753. The molecule has 1 aliphatic rings. The first-order chi connectivity index (χ1) is 13.0. The van der Waals surface area contributed by atoms with Gasteiger partial charge in [0.05, 0.1) is 5.92 Å². The van der Waals surface area contributed by atoms with Gasteiger partial charge in [-0.25, -0.2) is 0 Å². The zero-order valence-electron chi connectivity index (χ0n) is 15.1. The van der Waals surface area contributed by atoms with Crippen molar-refractivity contribution in [3.63, 3.8) is 0 Å². The molecular weight excluding hydrogens is 364 g/mol. The summed E-state index contributed by atoms with van der Waals surface area (Å²) >= 11 is 6.16. The van der Waals surface area contributed by atoms with E-state index in [0.29, 0.717) is 29.6 Å². The molecule has 0 bridgehead atoms. The Morgan fingerprint density at radius 2 is 2.07 bits per heavy atom. The van der Waals surface area contributed by atoms with Crippen molar-refractivity contribution in [3.05, 3.63) is 65.7 Å². The Hall–Kier alpha value is -2.79. The summed E-state index contributed by atoms with van der Waals surface area (Å²) in [5.41, 5.74) is 2.26. The number of benzene rings is 2. The van der Waals surface area contributed by atoms with Crippen LogP contribution < -0.4 is 15.0 Å². The normalized spacial score (nSPS) is 16.3. The van der Waals surface area contributed by atoms with Crippen LogP contribution in [-0.4, -0.2) is 25.0 Å². The molecule has 6 heteroatoms. The number of anilines is 2. The molecule has 3 rings (SSSR count). The van der Waals surface area contributed by atoms with Gasteiger partial charge in [0.1, 0.15) is 12.4 Å². The summed E-state index contributed by atoms with van der Waals surface area (Å²) < 4.78 is 5.42. The van der Waals surface area contributed by atoms with Gasteiger partial charge in [-0.05, 0) is 48.9 Å². The molecule has 2 aromatic rings. The van der Waals surface area contributed by atoms with E-state index in [-0.39, 0.29) is 18.2 Å². The Bertz CT molecular complexity index is 864. The van der Waals surface area contributed by atoms with Crippen molar-refractivity contribution in [1.29, 1.82) is 0 Å². The van der Waals surface area contributed by atoms with E-state index in [9.17, 15) is 9.59 Å². The van der Waals surface area contributed by atoms with E-state index in [2.05, 4.69) is 11.9 Å². The first-order valence-electron chi connectivity index (χ1n) is 8.69. The van der Waals surface area contributed by atoms with Crippen LogP contribution >= 0.6 is 11.6 Å². The second-order valence-electron chi connectivity index (χ2n) is 6.40. The number of amides is 2. The third kappa shape index (κ3) is 4.31. The standard InChI is InChI=1S/C21H21ClN2O3/c1-3-11-27-17-9-7-16(8-10-17)23-21(26)15-12-20(25)24(13-15)19-6-4-5-18(22)14(19)2/h3-10,15H,1,11-13H2,2H3,(H,23,26)/t15-/m0/s1. The Kier molecular flexibility index (Phi) is 5.81. The van der Waals surface area contributed by atoms with Gasteiger partial charge < -0.3 is 15.0 Å². The van der Waals surface area contributed by atoms with Crippen LogP contribution in [0.4, 0.5) is 11.4 Å². The van der Waals surface area contributed by atoms with Crippen molar-refractivity contribution in [2.24, 2.45) is 5.92 Å². The van der Waals surface area contributed by atoms with E-state index >= 15 is 0 Å². The average molecular weight is 385 g/mol. The lowest BCUT2D eigenvalue weighted by Gasteiger charge is -2.19. The summed E-state index contributed by atoms with van der Waals surface area (Å²) in [6, 6.07) is 12.5. The van der Waals surface area contributed by atoms with Crippen LogP contribution in [0.25, 0.3) is 0 Å². The van der Waals surface area contributed by atoms with E-state index in [4.69, 9.17) is 16.3 Å². The second-order valence-corrected chi connectivity index (χ2v) is 6.81. The Morgan fingerprint density at radius 1 is 1.33 bits per heavy atom. The van der Waals surface area contributed by atoms with Crippen molar-refractivity contribution in [1.82, 2.24) is 0 Å². The van der Waals surface area contributed by atoms with Crippen molar-refractivity contribution in [2.45, 2.75) is 13.3 Å². The fraction of sp³-hybridized carbons (Fsp3) is 0.238. The number of carbonyl (C=O) groups is 2. The van der Waals surface area contributed by atoms with Crippen molar-refractivity contribution in [3.8, 4) is 5.75 Å². The maximum absolute atomic E-state index is 12.6. The van der Waals surface area contributed by atoms with Gasteiger partial charge in [-0.15, -0.1) is 0 Å². The van der Waals surface area contributed by atoms with Gasteiger partial charge in [0.15, 0.2) is 0 Å². The van der Waals surface area contributed by atoms with E-state index in [1.54, 1.807) is 47.4 Å². The molecule has 0 aromatic heterocycles. The summed E-state index contributed by atoms with van der Waals surface area (Å²) in [5, 5.41) is 3.47. The number of halogens is 1. The lowest BCUT2D eigenvalue weighted by Crippen LogP contribution is -2.28. The molecule has 0 aliphatic carbocycles. The SMILES string of the molecule is C=CCOc1ccc(NC(=O)[C@H]2CC(=O)N(c3cccc(Cl)c3C)C2)cc1. The quantitative estimate of drug-likeness (QED) is 0.759. The van der Waals surface area contributed by atoms with Crippen LogP contribution in [0.15, 0.2) is 55.1 Å². The van der Waals surface area contributed by atoms with Crippen molar-refractivity contribution in [2.75, 3.05) is 23.4 Å². The van der Waals surface area contributed by atoms with Crippen molar-refractivity contribution < 1.29 is 14.3 Å². The minimum Gasteiger partial charge on any atom is -0.490 e. The lowest BCUT2D eigenvalue weighted by molar-refractivity contribution is -0.122. The summed E-state index contributed by atoms with van der Waals surface area (Å²) in [5.74, 6) is 0.0399. The van der Waals surface area contributed by atoms with Crippen LogP contribution in [0, 0.1) is 12.8 Å². The highest BCUT2D eigenvalue weighted by molar-refractivity contribution is 6.31. The molecule has 5 nitrogen and oxygen atoms in total. The second kappa shape index (κ2) is 8.27. The van der Waals surface area contributed by atoms with Crippen LogP contribution in [-0.2, 0) is 9.59 Å². The van der Waals surface area contributed by atoms with Crippen LogP contribution in [0.5, 0.6) is 5.75 Å². The molecular formula is C21H21ClN2O3. The van der Waals surface area contributed by atoms with Gasteiger partial charge in [0.2, 0.25) is 11.8 Å². The Balaban J connectivity index is 1.65. The maximum atomic E-state index is 12.6. The smallest absolute Gasteiger partial charge is 0.229 e. The van der Waals surface area contributed by atoms with Crippen LogP contribution in [0.1, 0.15) is 12.0 Å². The summed E-state index contributed by atoms with van der Waals surface area (Å²) in [7, 11) is 0. The number of rotatable bonds is 6. The fourth-order valence-corrected chi connectivity index (χ4v) is 3.21. The molecule has 1 atom stereocenters. The molecule has 0 radical (unpaired) electrons. The Labute approximate surface area is 163 Å². The van der Waals surface area contributed by atoms with Gasteiger partial charge in [0.25, 0.3) is 0 Å². The number of nitrogens with one attached hydrogen (secondary N) is 1. The molecule has 1 N–H and O–H groups in total. The monoisotopic (exact) mass is 384 g/mol. The summed E-state index contributed by atoms with van der Waals surface area (Å²) in [6.07, 6.45) is 1.85. The van der Waals surface area contributed by atoms with E-state index in [1.807, 2.05) is 13.0 Å². The molecule has 1 fully saturated rings. The highest BCUT2D eigenvalue weighted by Gasteiger charge is 2.35. The Morgan fingerprint density at radius 3 is 2.78 bits per heavy atom. The molecule has 0 unspecified atom stereocenters. The highest BCUT2D eigenvalue weighted by atomic mass is 35.5. The zero-order valence-corrected chi connectivity index (χ0v) is 15.8. The largest absolute Gasteiger partial charge is 0.490 e. The van der Waals surface area contributed by atoms with Crippen LogP contribution in [0.2, 0.25) is 5.02 Å². The predicted molar refractivity (Wildman–Crippen MR) is 107 cm³/mol. The molecule has 140 valence electrons. The number of ether oxygens (including phenoxy) is 1. The third-order valence-corrected chi connectivity index (χ3v) is 4.92. The third-order valence-electron chi connectivity index (χ3n) is 4.52. The molecule has 27 heavy (non-hydrogen) atoms. The van der Waals surface area contributed by atoms with Crippen molar-refractivity contribution >= 4 is 34.8 Å². The molecule has 1 heterocycles. The molecule has 0 spiro atoms. The number of nitrogens with zero attached hydrogens (tertiary/aromatic N) is 1. The van der Waals surface area contributed by atoms with E-state index in [1.165, 1.54) is 0 Å². The highest BCUT2D eigenvalue weighted by Crippen LogP contribution is 2.31. The van der Waals surface area contributed by atoms with E-state index in [0.717, 1.165) is 11.3 Å². The van der Waals surface area contributed by atoms with E-state index < -0.39 is 5.92 Å². The molecule has 0 saturated carbocycles. The first-order valence-corrected chi connectivity index (χ1v) is 9.07. The van der Waals surface area contributed by atoms with Gasteiger partial charge in [-0.3, -0.25) is 9.59 Å². The molecule has 1 aliphatic heterocycles. The number of hydrogen-bond acceptors (Lipinski definition) is 3. The van der Waals surface area contributed by atoms with Gasteiger partial charge in [-0.2, -0.15) is 0 Å². The topological polar surface area (TPSA) is 58.6 Å². The first kappa shape index (κ1) is 19.0. The molecule has 1 saturated heterocycles. The summed E-state index contributed by atoms with van der Waals surface area (Å²) in [6.45, 7) is 6.23. The van der Waals surface area contributed by atoms with Crippen LogP contribution in [0.3, 0.4) is 0 Å². The molecule has 2 amide bonds. The minimum atomic E-state index is -0.410. The number of hydrogen-bond donors (Lipinski definition) is 1. The maximum Gasteiger partial charge on any atom is 0.229 e. The average Bonchev–Trinajstić information content (AvgIpc) is 3.05. The molecule has 2 aromatic carbocycles. The lowest BCUT2D eigenvalue weighted by atomic mass is 10.1. The zero-order chi connectivity index (χ0) is 19.4. The van der Waals surface area contributed by atoms with Gasteiger partial charge in [-0.1, -0.05) is 30.3 Å². The number of carbonyl (C=O) groups excluding carboxylic acids is 2. The van der Waals surface area contributed by atoms with Gasteiger partial charge >= 0.3 is 0 Å². The predicted octanol–water partition coefficient (Wildman–Crippen LogP) is 4.20.